The Morgan fingerprint density at radius 2 is 1.76 bits per heavy atom. The molecule has 0 aliphatic heterocycles. The summed E-state index contributed by atoms with van der Waals surface area (Å²) >= 11 is 0. The molecule has 0 aliphatic rings. The molecular formula is C18H21N3O4. The van der Waals surface area contributed by atoms with E-state index in [1.807, 2.05) is 24.3 Å². The highest BCUT2D eigenvalue weighted by Crippen LogP contribution is 2.28. The molecule has 0 N–H and O–H groups in total. The molecule has 0 heterocycles. The fourth-order valence-corrected chi connectivity index (χ4v) is 2.48. The number of nitrogens with zero attached hydrogens (tertiary/aromatic N) is 3. The number of amides is 1. The molecule has 0 bridgehead atoms. The van der Waals surface area contributed by atoms with Gasteiger partial charge in [0.2, 0.25) is 0 Å². The molecule has 0 saturated heterocycles. The zero-order valence-corrected chi connectivity index (χ0v) is 14.7. The van der Waals surface area contributed by atoms with E-state index < -0.39 is 4.92 Å². The third-order valence-electron chi connectivity index (χ3n) is 3.83. The summed E-state index contributed by atoms with van der Waals surface area (Å²) in [5.74, 6) is 0.469. The first kappa shape index (κ1) is 18.3. The van der Waals surface area contributed by atoms with Crippen LogP contribution >= 0.6 is 0 Å². The summed E-state index contributed by atoms with van der Waals surface area (Å²) in [5, 5.41) is 11.3. The van der Waals surface area contributed by atoms with Crippen molar-refractivity contribution < 1.29 is 14.5 Å². The highest BCUT2D eigenvalue weighted by Gasteiger charge is 2.20. The van der Waals surface area contributed by atoms with Gasteiger partial charge in [0.25, 0.3) is 11.6 Å². The minimum Gasteiger partial charge on any atom is -0.497 e. The van der Waals surface area contributed by atoms with Crippen molar-refractivity contribution in [3.63, 3.8) is 0 Å². The van der Waals surface area contributed by atoms with Crippen LogP contribution < -0.4 is 9.64 Å². The van der Waals surface area contributed by atoms with Gasteiger partial charge in [-0.25, -0.2) is 0 Å². The van der Waals surface area contributed by atoms with Gasteiger partial charge < -0.3 is 14.5 Å². The van der Waals surface area contributed by atoms with Crippen LogP contribution in [-0.4, -0.2) is 44.0 Å². The number of ether oxygens (including phenoxy) is 1. The van der Waals surface area contributed by atoms with Crippen molar-refractivity contribution in [1.82, 2.24) is 4.90 Å². The van der Waals surface area contributed by atoms with Gasteiger partial charge >= 0.3 is 0 Å². The molecule has 0 saturated carbocycles. The van der Waals surface area contributed by atoms with Crippen molar-refractivity contribution >= 4 is 17.3 Å². The van der Waals surface area contributed by atoms with E-state index in [1.54, 1.807) is 45.3 Å². The zero-order chi connectivity index (χ0) is 18.6. The number of anilines is 1. The summed E-state index contributed by atoms with van der Waals surface area (Å²) in [6.45, 7) is 0.395. The van der Waals surface area contributed by atoms with Gasteiger partial charge in [-0.2, -0.15) is 0 Å². The number of methoxy groups -OCH3 is 1. The number of benzene rings is 2. The van der Waals surface area contributed by atoms with E-state index >= 15 is 0 Å². The van der Waals surface area contributed by atoms with Crippen molar-refractivity contribution in [2.45, 2.75) is 6.54 Å². The van der Waals surface area contributed by atoms with Crippen molar-refractivity contribution in [1.29, 1.82) is 0 Å². The van der Waals surface area contributed by atoms with Crippen LogP contribution in [0.15, 0.2) is 42.5 Å². The largest absolute Gasteiger partial charge is 0.497 e. The maximum absolute atomic E-state index is 12.6. The Labute approximate surface area is 146 Å². The van der Waals surface area contributed by atoms with Crippen molar-refractivity contribution in [3.05, 3.63) is 63.7 Å². The Hall–Kier alpha value is -3.09. The van der Waals surface area contributed by atoms with E-state index in [-0.39, 0.29) is 17.2 Å². The number of nitro groups is 1. The lowest BCUT2D eigenvalue weighted by molar-refractivity contribution is -0.384. The number of nitro benzene ring substituents is 1. The van der Waals surface area contributed by atoms with E-state index in [0.29, 0.717) is 12.2 Å². The lowest BCUT2D eigenvalue weighted by Crippen LogP contribution is -2.26. The van der Waals surface area contributed by atoms with Crippen molar-refractivity contribution in [2.24, 2.45) is 0 Å². The quantitative estimate of drug-likeness (QED) is 0.595. The van der Waals surface area contributed by atoms with Crippen LogP contribution in [0.4, 0.5) is 11.4 Å². The molecule has 0 spiro atoms. The number of rotatable bonds is 6. The second-order valence-electron chi connectivity index (χ2n) is 5.86. The summed E-state index contributed by atoms with van der Waals surface area (Å²) in [6, 6.07) is 11.9. The Balaban J connectivity index is 2.20. The SMILES string of the molecule is COc1ccc(CN(C)C(=O)c2ccc(N(C)C)c([N+](=O)[O-])c2)cc1. The van der Waals surface area contributed by atoms with E-state index in [9.17, 15) is 14.9 Å². The molecule has 0 aromatic heterocycles. The Morgan fingerprint density at radius 3 is 2.28 bits per heavy atom. The smallest absolute Gasteiger partial charge is 0.293 e. The third kappa shape index (κ3) is 4.26. The maximum Gasteiger partial charge on any atom is 0.293 e. The number of hydrogen-bond donors (Lipinski definition) is 0. The van der Waals surface area contributed by atoms with Gasteiger partial charge in [-0.3, -0.25) is 14.9 Å². The molecule has 1 amide bonds. The summed E-state index contributed by atoms with van der Waals surface area (Å²) in [5.41, 5.74) is 1.59. The van der Waals surface area contributed by atoms with Gasteiger partial charge in [0, 0.05) is 39.3 Å². The predicted octanol–water partition coefficient (Wildman–Crippen LogP) is 2.94. The van der Waals surface area contributed by atoms with E-state index in [1.165, 1.54) is 11.0 Å². The molecule has 25 heavy (non-hydrogen) atoms. The van der Waals surface area contributed by atoms with Crippen molar-refractivity contribution in [3.8, 4) is 5.75 Å². The third-order valence-corrected chi connectivity index (χ3v) is 3.83. The summed E-state index contributed by atoms with van der Waals surface area (Å²) in [6.07, 6.45) is 0. The highest BCUT2D eigenvalue weighted by atomic mass is 16.6. The fourth-order valence-electron chi connectivity index (χ4n) is 2.48. The first-order valence-corrected chi connectivity index (χ1v) is 7.67. The maximum atomic E-state index is 12.6. The van der Waals surface area contributed by atoms with E-state index in [0.717, 1.165) is 11.3 Å². The normalized spacial score (nSPS) is 10.2. The number of carbonyl (C=O) groups is 1. The fraction of sp³-hybridized carbons (Fsp3) is 0.278. The topological polar surface area (TPSA) is 75.9 Å². The van der Waals surface area contributed by atoms with E-state index in [2.05, 4.69) is 0 Å². The van der Waals surface area contributed by atoms with Crippen LogP contribution in [0.5, 0.6) is 5.75 Å². The molecule has 0 fully saturated rings. The van der Waals surface area contributed by atoms with Crippen LogP contribution in [0.1, 0.15) is 15.9 Å². The molecule has 0 unspecified atom stereocenters. The zero-order valence-electron chi connectivity index (χ0n) is 14.7. The monoisotopic (exact) mass is 343 g/mol. The Bertz CT molecular complexity index is 772. The van der Waals surface area contributed by atoms with Gasteiger partial charge in [-0.05, 0) is 29.8 Å². The van der Waals surface area contributed by atoms with Gasteiger partial charge in [0.05, 0.1) is 12.0 Å². The summed E-state index contributed by atoms with van der Waals surface area (Å²) in [7, 11) is 6.70. The molecule has 0 aliphatic carbocycles. The Morgan fingerprint density at radius 1 is 1.12 bits per heavy atom. The van der Waals surface area contributed by atoms with Gasteiger partial charge in [0.15, 0.2) is 0 Å². The number of hydrogen-bond acceptors (Lipinski definition) is 5. The second kappa shape index (κ2) is 7.65. The highest BCUT2D eigenvalue weighted by molar-refractivity contribution is 5.95. The first-order valence-electron chi connectivity index (χ1n) is 7.67. The van der Waals surface area contributed by atoms with Gasteiger partial charge in [-0.15, -0.1) is 0 Å². The van der Waals surface area contributed by atoms with Crippen LogP contribution in [-0.2, 0) is 6.54 Å². The minimum atomic E-state index is -0.477. The summed E-state index contributed by atoms with van der Waals surface area (Å²) < 4.78 is 5.11. The summed E-state index contributed by atoms with van der Waals surface area (Å²) in [4.78, 5) is 26.6. The number of carbonyl (C=O) groups excluding carboxylic acids is 1. The second-order valence-corrected chi connectivity index (χ2v) is 5.86. The van der Waals surface area contributed by atoms with Crippen LogP contribution in [0.2, 0.25) is 0 Å². The molecule has 7 heteroatoms. The molecule has 2 aromatic carbocycles. The molecule has 132 valence electrons. The van der Waals surface area contributed by atoms with E-state index in [4.69, 9.17) is 4.74 Å². The minimum absolute atomic E-state index is 0.0892. The van der Waals surface area contributed by atoms with Crippen LogP contribution in [0.25, 0.3) is 0 Å². The lowest BCUT2D eigenvalue weighted by Gasteiger charge is -2.18. The molecule has 7 nitrogen and oxygen atoms in total. The molecule has 0 radical (unpaired) electrons. The first-order chi connectivity index (χ1) is 11.8. The van der Waals surface area contributed by atoms with Crippen molar-refractivity contribution in [2.75, 3.05) is 33.2 Å². The molecule has 2 rings (SSSR count). The molecule has 0 atom stereocenters. The van der Waals surface area contributed by atoms with Crippen LogP contribution in [0.3, 0.4) is 0 Å². The van der Waals surface area contributed by atoms with Gasteiger partial charge in [-0.1, -0.05) is 12.1 Å². The predicted molar refractivity (Wildman–Crippen MR) is 96.2 cm³/mol. The molecule has 2 aromatic rings. The van der Waals surface area contributed by atoms with Gasteiger partial charge in [0.1, 0.15) is 11.4 Å². The average molecular weight is 343 g/mol. The Kier molecular flexibility index (Phi) is 5.59. The standard InChI is InChI=1S/C18H21N3O4/c1-19(2)16-10-7-14(11-17(16)21(23)24)18(22)20(3)12-13-5-8-15(25-4)9-6-13/h5-11H,12H2,1-4H3. The van der Waals surface area contributed by atoms with Crippen LogP contribution in [0, 0.1) is 10.1 Å². The molecular weight excluding hydrogens is 322 g/mol. The average Bonchev–Trinajstić information content (AvgIpc) is 2.60. The lowest BCUT2D eigenvalue weighted by atomic mass is 10.1.